The number of hydrogen-bond acceptors (Lipinski definition) is 3. The zero-order valence-corrected chi connectivity index (χ0v) is 8.18. The second kappa shape index (κ2) is 3.86. The number of carbonyl (C=O) groups excluding carboxylic acids is 1. The highest BCUT2D eigenvalue weighted by Crippen LogP contribution is 1.97. The lowest BCUT2D eigenvalue weighted by molar-refractivity contribution is -0.119. The Hall–Kier alpha value is -0.620. The zero-order chi connectivity index (χ0) is 9.94. The molecule has 0 aromatic heterocycles. The largest absolute Gasteiger partial charge is 0.368 e. The van der Waals surface area contributed by atoms with E-state index in [1.807, 2.05) is 0 Å². The van der Waals surface area contributed by atoms with E-state index in [-0.39, 0.29) is 0 Å². The number of hydrogen-bond donors (Lipinski definition) is 2. The standard InChI is InChI=1S/C6H14N2O3S/c1-4(2)12(10,11)8-5(3)6(7)9/h4-5,8H,1-3H3,(H2,7,9)/t5-/m1/s1. The van der Waals surface area contributed by atoms with Crippen LogP contribution in [0.5, 0.6) is 0 Å². The summed E-state index contributed by atoms with van der Waals surface area (Å²) in [6, 6.07) is -0.850. The molecule has 0 rings (SSSR count). The molecule has 1 amide bonds. The lowest BCUT2D eigenvalue weighted by Crippen LogP contribution is -2.44. The van der Waals surface area contributed by atoms with Gasteiger partial charge in [0.25, 0.3) is 0 Å². The van der Waals surface area contributed by atoms with Crippen molar-refractivity contribution in [2.75, 3.05) is 0 Å². The van der Waals surface area contributed by atoms with Crippen molar-refractivity contribution in [3.63, 3.8) is 0 Å². The normalized spacial score (nSPS) is 14.7. The maximum absolute atomic E-state index is 11.1. The molecule has 0 fully saturated rings. The van der Waals surface area contributed by atoms with Crippen molar-refractivity contribution < 1.29 is 13.2 Å². The van der Waals surface area contributed by atoms with Crippen molar-refractivity contribution in [3.05, 3.63) is 0 Å². The molecule has 0 radical (unpaired) electrons. The van der Waals surface area contributed by atoms with Gasteiger partial charge in [-0.1, -0.05) is 0 Å². The van der Waals surface area contributed by atoms with E-state index in [2.05, 4.69) is 4.72 Å². The maximum Gasteiger partial charge on any atom is 0.235 e. The lowest BCUT2D eigenvalue weighted by Gasteiger charge is -2.12. The first kappa shape index (κ1) is 11.4. The van der Waals surface area contributed by atoms with Gasteiger partial charge >= 0.3 is 0 Å². The minimum Gasteiger partial charge on any atom is -0.368 e. The van der Waals surface area contributed by atoms with Gasteiger partial charge in [-0.2, -0.15) is 0 Å². The summed E-state index contributed by atoms with van der Waals surface area (Å²) in [4.78, 5) is 10.5. The lowest BCUT2D eigenvalue weighted by atomic mass is 10.4. The van der Waals surface area contributed by atoms with E-state index in [1.165, 1.54) is 20.8 Å². The van der Waals surface area contributed by atoms with Crippen LogP contribution in [0.4, 0.5) is 0 Å². The Labute approximate surface area is 72.4 Å². The van der Waals surface area contributed by atoms with Gasteiger partial charge < -0.3 is 5.73 Å². The SMILES string of the molecule is CC(C)S(=O)(=O)N[C@H](C)C(N)=O. The van der Waals surface area contributed by atoms with E-state index < -0.39 is 27.2 Å². The molecule has 0 aromatic rings. The number of carbonyl (C=O) groups is 1. The zero-order valence-electron chi connectivity index (χ0n) is 7.37. The van der Waals surface area contributed by atoms with E-state index in [0.717, 1.165) is 0 Å². The summed E-state index contributed by atoms with van der Waals surface area (Å²) in [6.45, 7) is 4.45. The molecule has 0 aliphatic rings. The summed E-state index contributed by atoms with van der Waals surface area (Å²) >= 11 is 0. The molecule has 12 heavy (non-hydrogen) atoms. The third kappa shape index (κ3) is 3.19. The first-order valence-electron chi connectivity index (χ1n) is 3.58. The Morgan fingerprint density at radius 3 is 2.00 bits per heavy atom. The van der Waals surface area contributed by atoms with Gasteiger partial charge in [0.2, 0.25) is 15.9 Å². The van der Waals surface area contributed by atoms with Crippen LogP contribution in [0.25, 0.3) is 0 Å². The molecule has 1 atom stereocenters. The van der Waals surface area contributed by atoms with Gasteiger partial charge in [-0.3, -0.25) is 4.79 Å². The van der Waals surface area contributed by atoms with Crippen molar-refractivity contribution >= 4 is 15.9 Å². The number of nitrogens with one attached hydrogen (secondary N) is 1. The van der Waals surface area contributed by atoms with Crippen LogP contribution in [0, 0.1) is 0 Å². The molecule has 3 N–H and O–H groups in total. The van der Waals surface area contributed by atoms with Gasteiger partial charge in [0.05, 0.1) is 11.3 Å². The Morgan fingerprint density at radius 2 is 1.75 bits per heavy atom. The molecule has 0 spiro atoms. The molecule has 0 unspecified atom stereocenters. The van der Waals surface area contributed by atoms with Crippen LogP contribution in [0.2, 0.25) is 0 Å². The third-order valence-corrected chi connectivity index (χ3v) is 3.31. The van der Waals surface area contributed by atoms with Crippen molar-refractivity contribution in [1.29, 1.82) is 0 Å². The van der Waals surface area contributed by atoms with Crippen LogP contribution in [0.1, 0.15) is 20.8 Å². The molecule has 0 saturated heterocycles. The van der Waals surface area contributed by atoms with Crippen LogP contribution in [0.3, 0.4) is 0 Å². The van der Waals surface area contributed by atoms with Gasteiger partial charge in [0.15, 0.2) is 0 Å². The quantitative estimate of drug-likeness (QED) is 0.613. The van der Waals surface area contributed by atoms with Gasteiger partial charge in [-0.05, 0) is 20.8 Å². The first-order valence-corrected chi connectivity index (χ1v) is 5.12. The Morgan fingerprint density at radius 1 is 1.33 bits per heavy atom. The molecule has 0 saturated carbocycles. The van der Waals surface area contributed by atoms with Crippen molar-refractivity contribution in [2.45, 2.75) is 32.1 Å². The van der Waals surface area contributed by atoms with Gasteiger partial charge in [-0.25, -0.2) is 13.1 Å². The van der Waals surface area contributed by atoms with E-state index in [1.54, 1.807) is 0 Å². The summed E-state index contributed by atoms with van der Waals surface area (Å²) in [5, 5.41) is -0.556. The molecule has 0 aliphatic carbocycles. The fraction of sp³-hybridized carbons (Fsp3) is 0.833. The summed E-state index contributed by atoms with van der Waals surface area (Å²) in [6.07, 6.45) is 0. The molecule has 0 heterocycles. The van der Waals surface area contributed by atoms with Crippen molar-refractivity contribution in [1.82, 2.24) is 4.72 Å². The molecular formula is C6H14N2O3S. The molecular weight excluding hydrogens is 180 g/mol. The molecule has 72 valence electrons. The smallest absolute Gasteiger partial charge is 0.235 e. The predicted molar refractivity (Wildman–Crippen MR) is 45.8 cm³/mol. The monoisotopic (exact) mass is 194 g/mol. The Bertz CT molecular complexity index is 258. The fourth-order valence-corrected chi connectivity index (χ4v) is 1.32. The summed E-state index contributed by atoms with van der Waals surface area (Å²) in [5.74, 6) is -0.681. The highest BCUT2D eigenvalue weighted by atomic mass is 32.2. The van der Waals surface area contributed by atoms with Crippen LogP contribution in [-0.4, -0.2) is 25.6 Å². The number of amides is 1. The number of primary amides is 1. The summed E-state index contributed by atoms with van der Waals surface area (Å²) in [7, 11) is -3.39. The number of nitrogens with two attached hydrogens (primary N) is 1. The van der Waals surface area contributed by atoms with E-state index in [0.29, 0.717) is 0 Å². The molecule has 0 aliphatic heterocycles. The molecule has 0 bridgehead atoms. The predicted octanol–water partition coefficient (Wildman–Crippen LogP) is -0.812. The minimum absolute atomic E-state index is 0.556. The average Bonchev–Trinajstić information content (AvgIpc) is 1.85. The topological polar surface area (TPSA) is 89.3 Å². The average molecular weight is 194 g/mol. The van der Waals surface area contributed by atoms with Crippen LogP contribution in [-0.2, 0) is 14.8 Å². The fourth-order valence-electron chi connectivity index (χ4n) is 0.441. The summed E-state index contributed by atoms with van der Waals surface area (Å²) < 4.78 is 24.4. The van der Waals surface area contributed by atoms with Crippen molar-refractivity contribution in [3.8, 4) is 0 Å². The Balaban J connectivity index is 4.37. The van der Waals surface area contributed by atoms with E-state index in [9.17, 15) is 13.2 Å². The highest BCUT2D eigenvalue weighted by molar-refractivity contribution is 7.90. The highest BCUT2D eigenvalue weighted by Gasteiger charge is 2.20. The summed E-state index contributed by atoms with van der Waals surface area (Å²) in [5.41, 5.74) is 4.88. The van der Waals surface area contributed by atoms with E-state index in [4.69, 9.17) is 5.73 Å². The second-order valence-electron chi connectivity index (χ2n) is 2.84. The van der Waals surface area contributed by atoms with Gasteiger partial charge in [-0.15, -0.1) is 0 Å². The number of sulfonamides is 1. The maximum atomic E-state index is 11.1. The number of rotatable bonds is 4. The molecule has 5 nitrogen and oxygen atoms in total. The Kier molecular flexibility index (Phi) is 3.66. The molecule has 6 heteroatoms. The van der Waals surface area contributed by atoms with Gasteiger partial charge in [0.1, 0.15) is 0 Å². The first-order chi connectivity index (χ1) is 5.27. The van der Waals surface area contributed by atoms with Crippen LogP contribution >= 0.6 is 0 Å². The van der Waals surface area contributed by atoms with Crippen molar-refractivity contribution in [2.24, 2.45) is 5.73 Å². The van der Waals surface area contributed by atoms with E-state index >= 15 is 0 Å². The van der Waals surface area contributed by atoms with Gasteiger partial charge in [0, 0.05) is 0 Å². The second-order valence-corrected chi connectivity index (χ2v) is 5.10. The van der Waals surface area contributed by atoms with Crippen LogP contribution < -0.4 is 10.5 Å². The van der Waals surface area contributed by atoms with Crippen LogP contribution in [0.15, 0.2) is 0 Å². The molecule has 0 aromatic carbocycles. The minimum atomic E-state index is -3.39. The third-order valence-electron chi connectivity index (χ3n) is 1.39.